The van der Waals surface area contributed by atoms with Crippen LogP contribution in [0.1, 0.15) is 54.6 Å². The van der Waals surface area contributed by atoms with Crippen molar-refractivity contribution in [2.75, 3.05) is 7.11 Å². The van der Waals surface area contributed by atoms with Crippen LogP contribution in [-0.4, -0.2) is 33.4 Å². The highest BCUT2D eigenvalue weighted by Gasteiger charge is 2.27. The van der Waals surface area contributed by atoms with Crippen molar-refractivity contribution in [2.45, 2.75) is 50.7 Å². The van der Waals surface area contributed by atoms with Gasteiger partial charge in [-0.15, -0.1) is 0 Å². The standard InChI is InChI=1S/C26H28N2O4/c1-32-20-13-11-19(12-14-20)18-28-22-9-4-3-8-21(22)25(30)24(27-28)23(29)10-7-17-26(31)15-5-2-6-16-26/h3-4,7-14,31H,2,5-6,15-18H2,1H3/b10-7+. The third-order valence-corrected chi connectivity index (χ3v) is 6.14. The fourth-order valence-corrected chi connectivity index (χ4v) is 4.30. The molecule has 1 saturated carbocycles. The number of para-hydroxylation sites is 1. The number of ketones is 1. The van der Waals surface area contributed by atoms with Crippen molar-refractivity contribution in [1.82, 2.24) is 9.78 Å². The second-order valence-electron chi connectivity index (χ2n) is 8.46. The third kappa shape index (κ3) is 4.81. The zero-order chi connectivity index (χ0) is 22.6. The summed E-state index contributed by atoms with van der Waals surface area (Å²) in [6.45, 7) is 0.411. The number of hydrogen-bond acceptors (Lipinski definition) is 5. The largest absolute Gasteiger partial charge is 0.497 e. The Morgan fingerprint density at radius 3 is 2.56 bits per heavy atom. The van der Waals surface area contributed by atoms with Crippen LogP contribution >= 0.6 is 0 Å². The highest BCUT2D eigenvalue weighted by molar-refractivity contribution is 6.04. The van der Waals surface area contributed by atoms with E-state index in [0.717, 1.165) is 43.4 Å². The number of allylic oxidation sites excluding steroid dienone is 1. The average molecular weight is 433 g/mol. The van der Waals surface area contributed by atoms with Crippen molar-refractivity contribution in [3.8, 4) is 5.75 Å². The maximum atomic E-state index is 13.0. The number of carbonyl (C=O) groups excluding carboxylic acids is 1. The Morgan fingerprint density at radius 2 is 1.84 bits per heavy atom. The Kier molecular flexibility index (Phi) is 6.51. The van der Waals surface area contributed by atoms with Crippen LogP contribution in [-0.2, 0) is 6.54 Å². The van der Waals surface area contributed by atoms with Crippen molar-refractivity contribution < 1.29 is 14.6 Å². The molecule has 2 aromatic carbocycles. The predicted octanol–water partition coefficient (Wildman–Crippen LogP) is 4.28. The molecule has 32 heavy (non-hydrogen) atoms. The maximum Gasteiger partial charge on any atom is 0.219 e. The van der Waals surface area contributed by atoms with E-state index in [1.165, 1.54) is 6.08 Å². The molecule has 1 N–H and O–H groups in total. The molecule has 1 fully saturated rings. The number of rotatable bonds is 7. The van der Waals surface area contributed by atoms with Gasteiger partial charge in [0.25, 0.3) is 0 Å². The molecule has 0 spiro atoms. The summed E-state index contributed by atoms with van der Waals surface area (Å²) in [5.74, 6) is 0.316. The number of hydrogen-bond donors (Lipinski definition) is 1. The van der Waals surface area contributed by atoms with Gasteiger partial charge in [-0.3, -0.25) is 14.3 Å². The van der Waals surface area contributed by atoms with Gasteiger partial charge in [-0.25, -0.2) is 0 Å². The molecule has 0 amide bonds. The number of benzene rings is 2. The van der Waals surface area contributed by atoms with Crippen LogP contribution in [0.4, 0.5) is 0 Å². The molecule has 0 radical (unpaired) electrons. The minimum absolute atomic E-state index is 0.107. The van der Waals surface area contributed by atoms with Crippen LogP contribution in [0.5, 0.6) is 5.75 Å². The summed E-state index contributed by atoms with van der Waals surface area (Å²) in [5.41, 5.74) is 0.410. The summed E-state index contributed by atoms with van der Waals surface area (Å²) in [5, 5.41) is 15.5. The van der Waals surface area contributed by atoms with E-state index in [-0.39, 0.29) is 11.1 Å². The summed E-state index contributed by atoms with van der Waals surface area (Å²) in [7, 11) is 1.62. The molecule has 1 heterocycles. The summed E-state index contributed by atoms with van der Waals surface area (Å²) < 4.78 is 6.90. The second kappa shape index (κ2) is 9.49. The second-order valence-corrected chi connectivity index (χ2v) is 8.46. The van der Waals surface area contributed by atoms with E-state index in [0.29, 0.717) is 23.9 Å². The van der Waals surface area contributed by atoms with E-state index in [4.69, 9.17) is 4.74 Å². The van der Waals surface area contributed by atoms with E-state index >= 15 is 0 Å². The fourth-order valence-electron chi connectivity index (χ4n) is 4.30. The molecule has 3 aromatic rings. The molecule has 0 saturated heterocycles. The van der Waals surface area contributed by atoms with Gasteiger partial charge in [0.05, 0.1) is 24.8 Å². The van der Waals surface area contributed by atoms with Gasteiger partial charge >= 0.3 is 0 Å². The van der Waals surface area contributed by atoms with Gasteiger partial charge in [-0.05, 0) is 55.2 Å². The average Bonchev–Trinajstić information content (AvgIpc) is 2.81. The van der Waals surface area contributed by atoms with Gasteiger partial charge in [0.1, 0.15) is 5.75 Å². The van der Waals surface area contributed by atoms with Crippen molar-refractivity contribution in [3.05, 3.63) is 82.2 Å². The first-order valence-electron chi connectivity index (χ1n) is 11.1. The lowest BCUT2D eigenvalue weighted by molar-refractivity contribution is 0.00695. The first kappa shape index (κ1) is 22.0. The highest BCUT2D eigenvalue weighted by Crippen LogP contribution is 2.31. The first-order chi connectivity index (χ1) is 15.5. The molecule has 6 heteroatoms. The van der Waals surface area contributed by atoms with Gasteiger partial charge in [0, 0.05) is 5.39 Å². The molecule has 1 aliphatic rings. The Bertz CT molecular complexity index is 1190. The van der Waals surface area contributed by atoms with Crippen LogP contribution in [0.15, 0.2) is 65.5 Å². The minimum Gasteiger partial charge on any atom is -0.497 e. The molecular formula is C26H28N2O4. The topological polar surface area (TPSA) is 81.4 Å². The van der Waals surface area contributed by atoms with Crippen LogP contribution < -0.4 is 10.2 Å². The Hall–Kier alpha value is -3.25. The van der Waals surface area contributed by atoms with Crippen molar-refractivity contribution >= 4 is 16.7 Å². The number of methoxy groups -OCH3 is 1. The Labute approximate surface area is 187 Å². The summed E-state index contributed by atoms with van der Waals surface area (Å²) in [4.78, 5) is 25.9. The lowest BCUT2D eigenvalue weighted by Crippen LogP contribution is -2.30. The van der Waals surface area contributed by atoms with Gasteiger partial charge in [-0.1, -0.05) is 49.6 Å². The van der Waals surface area contributed by atoms with Gasteiger partial charge in [-0.2, -0.15) is 5.10 Å². The van der Waals surface area contributed by atoms with E-state index in [1.807, 2.05) is 36.4 Å². The van der Waals surface area contributed by atoms with E-state index in [9.17, 15) is 14.7 Å². The Morgan fingerprint density at radius 1 is 1.12 bits per heavy atom. The minimum atomic E-state index is -0.750. The lowest BCUT2D eigenvalue weighted by atomic mass is 9.82. The lowest BCUT2D eigenvalue weighted by Gasteiger charge is -2.30. The smallest absolute Gasteiger partial charge is 0.219 e. The van der Waals surface area contributed by atoms with Crippen LogP contribution in [0.2, 0.25) is 0 Å². The number of aliphatic hydroxyl groups is 1. The van der Waals surface area contributed by atoms with Crippen molar-refractivity contribution in [3.63, 3.8) is 0 Å². The van der Waals surface area contributed by atoms with Crippen LogP contribution in [0, 0.1) is 0 Å². The Balaban J connectivity index is 1.63. The molecule has 6 nitrogen and oxygen atoms in total. The van der Waals surface area contributed by atoms with E-state index in [1.54, 1.807) is 30.0 Å². The van der Waals surface area contributed by atoms with Gasteiger partial charge < -0.3 is 9.84 Å². The predicted molar refractivity (Wildman–Crippen MR) is 124 cm³/mol. The van der Waals surface area contributed by atoms with Gasteiger partial charge in [0.2, 0.25) is 11.2 Å². The number of ether oxygens (including phenoxy) is 1. The number of fused-ring (bicyclic) bond motifs is 1. The number of carbonyl (C=O) groups is 1. The third-order valence-electron chi connectivity index (χ3n) is 6.14. The zero-order valence-electron chi connectivity index (χ0n) is 18.3. The van der Waals surface area contributed by atoms with E-state index in [2.05, 4.69) is 5.10 Å². The normalized spacial score (nSPS) is 15.8. The summed E-state index contributed by atoms with van der Waals surface area (Å²) >= 11 is 0. The van der Waals surface area contributed by atoms with Crippen molar-refractivity contribution in [2.24, 2.45) is 0 Å². The van der Waals surface area contributed by atoms with Crippen molar-refractivity contribution in [1.29, 1.82) is 0 Å². The molecule has 1 aliphatic carbocycles. The fraction of sp³-hybridized carbons (Fsp3) is 0.346. The van der Waals surface area contributed by atoms with Crippen LogP contribution in [0.25, 0.3) is 10.9 Å². The number of nitrogens with zero attached hydrogens (tertiary/aromatic N) is 2. The zero-order valence-corrected chi connectivity index (χ0v) is 18.3. The molecule has 0 aliphatic heterocycles. The molecule has 1 aromatic heterocycles. The molecule has 166 valence electrons. The van der Waals surface area contributed by atoms with Gasteiger partial charge in [0.15, 0.2) is 5.69 Å². The molecule has 0 bridgehead atoms. The quantitative estimate of drug-likeness (QED) is 0.445. The summed E-state index contributed by atoms with van der Waals surface area (Å²) in [6.07, 6.45) is 8.09. The first-order valence-corrected chi connectivity index (χ1v) is 11.1. The summed E-state index contributed by atoms with van der Waals surface area (Å²) in [6, 6.07) is 14.8. The monoisotopic (exact) mass is 432 g/mol. The molecule has 4 rings (SSSR count). The maximum absolute atomic E-state index is 13.0. The molecule has 0 unspecified atom stereocenters. The van der Waals surface area contributed by atoms with Crippen LogP contribution in [0.3, 0.4) is 0 Å². The highest BCUT2D eigenvalue weighted by atomic mass is 16.5. The van der Waals surface area contributed by atoms with E-state index < -0.39 is 11.4 Å². The SMILES string of the molecule is COc1ccc(Cn2nc(C(=O)/C=C/CC3(O)CCCCC3)c(=O)c3ccccc32)cc1. The molecule has 0 atom stereocenters. The molecular weight excluding hydrogens is 404 g/mol. The number of aromatic nitrogens is 2.